The number of amides is 2. The van der Waals surface area contributed by atoms with Crippen LogP contribution in [0.3, 0.4) is 0 Å². The van der Waals surface area contributed by atoms with Crippen molar-refractivity contribution in [3.63, 3.8) is 0 Å². The number of carbonyl (C=O) groups is 2. The molecule has 2 unspecified atom stereocenters. The first-order valence-electron chi connectivity index (χ1n) is 10.9. The van der Waals surface area contributed by atoms with Crippen molar-refractivity contribution in [2.75, 3.05) is 13.6 Å². The van der Waals surface area contributed by atoms with Gasteiger partial charge in [-0.2, -0.15) is 0 Å². The highest BCUT2D eigenvalue weighted by atomic mass is 16.5. The zero-order valence-corrected chi connectivity index (χ0v) is 19.6. The summed E-state index contributed by atoms with van der Waals surface area (Å²) in [7, 11) is 1.53. The van der Waals surface area contributed by atoms with E-state index in [2.05, 4.69) is 15.6 Å². The number of likely N-dealkylation sites (N-methyl/N-ethyl adjacent to an activating group) is 1. The van der Waals surface area contributed by atoms with Crippen LogP contribution in [0.15, 0.2) is 30.5 Å². The van der Waals surface area contributed by atoms with E-state index in [0.29, 0.717) is 11.4 Å². The number of carbonyl (C=O) groups excluding carboxylic acids is 2. The highest BCUT2D eigenvalue weighted by Gasteiger charge is 2.45. The number of aliphatic hydroxyl groups is 1. The van der Waals surface area contributed by atoms with Gasteiger partial charge in [-0.3, -0.25) is 9.59 Å². The zero-order valence-electron chi connectivity index (χ0n) is 19.6. The summed E-state index contributed by atoms with van der Waals surface area (Å²) < 4.78 is 7.46. The highest BCUT2D eigenvalue weighted by Crippen LogP contribution is 2.36. The molecule has 1 aliphatic heterocycles. The average molecular weight is 444 g/mol. The van der Waals surface area contributed by atoms with Crippen LogP contribution in [0.1, 0.15) is 47.1 Å². The van der Waals surface area contributed by atoms with Crippen LogP contribution in [0.5, 0.6) is 5.75 Å². The summed E-state index contributed by atoms with van der Waals surface area (Å²) in [5, 5.41) is 21.3. The van der Waals surface area contributed by atoms with Crippen LogP contribution in [-0.2, 0) is 9.59 Å². The van der Waals surface area contributed by atoms with Crippen molar-refractivity contribution < 1.29 is 19.4 Å². The maximum absolute atomic E-state index is 13.6. The SMILES string of the molecule is CNC(=O)C1CC(O)CN1C(=O)[C@@H](n1cc(-c2ccccc2OC(C)C)nn1)C(C)(C)C. The third kappa shape index (κ3) is 4.93. The second-order valence-electron chi connectivity index (χ2n) is 9.53. The lowest BCUT2D eigenvalue weighted by atomic mass is 9.85. The molecule has 32 heavy (non-hydrogen) atoms. The van der Waals surface area contributed by atoms with Crippen molar-refractivity contribution >= 4 is 11.8 Å². The molecule has 9 nitrogen and oxygen atoms in total. The van der Waals surface area contributed by atoms with Crippen LogP contribution in [0.2, 0.25) is 0 Å². The number of rotatable bonds is 6. The van der Waals surface area contributed by atoms with Crippen molar-refractivity contribution in [3.05, 3.63) is 30.5 Å². The number of aromatic nitrogens is 3. The number of nitrogens with zero attached hydrogens (tertiary/aromatic N) is 4. The van der Waals surface area contributed by atoms with Gasteiger partial charge in [0.05, 0.1) is 18.4 Å². The number of likely N-dealkylation sites (tertiary alicyclic amines) is 1. The predicted octanol–water partition coefficient (Wildman–Crippen LogP) is 2.03. The van der Waals surface area contributed by atoms with Crippen LogP contribution in [0.4, 0.5) is 0 Å². The lowest BCUT2D eigenvalue weighted by molar-refractivity contribution is -0.144. The van der Waals surface area contributed by atoms with Crippen molar-refractivity contribution in [1.29, 1.82) is 0 Å². The lowest BCUT2D eigenvalue weighted by Gasteiger charge is -2.34. The second kappa shape index (κ2) is 9.28. The number of nitrogens with one attached hydrogen (secondary N) is 1. The van der Waals surface area contributed by atoms with Gasteiger partial charge in [-0.15, -0.1) is 5.10 Å². The van der Waals surface area contributed by atoms with Crippen LogP contribution >= 0.6 is 0 Å². The van der Waals surface area contributed by atoms with E-state index in [-0.39, 0.29) is 30.9 Å². The van der Waals surface area contributed by atoms with Gasteiger partial charge in [0.15, 0.2) is 0 Å². The first-order valence-corrected chi connectivity index (χ1v) is 10.9. The molecule has 3 rings (SSSR count). The third-order valence-corrected chi connectivity index (χ3v) is 5.47. The molecular formula is C23H33N5O4. The number of aliphatic hydroxyl groups excluding tert-OH is 1. The van der Waals surface area contributed by atoms with Crippen molar-refractivity contribution in [2.24, 2.45) is 5.41 Å². The molecule has 2 N–H and O–H groups in total. The van der Waals surface area contributed by atoms with E-state index in [1.807, 2.05) is 58.9 Å². The molecule has 1 saturated heterocycles. The summed E-state index contributed by atoms with van der Waals surface area (Å²) in [5.41, 5.74) is 0.858. The average Bonchev–Trinajstić information content (AvgIpc) is 3.33. The maximum Gasteiger partial charge on any atom is 0.248 e. The summed E-state index contributed by atoms with van der Waals surface area (Å²) >= 11 is 0. The summed E-state index contributed by atoms with van der Waals surface area (Å²) in [6.45, 7) is 9.83. The Morgan fingerprint density at radius 2 is 1.94 bits per heavy atom. The van der Waals surface area contributed by atoms with Gasteiger partial charge in [-0.25, -0.2) is 4.68 Å². The van der Waals surface area contributed by atoms with Gasteiger partial charge < -0.3 is 20.1 Å². The van der Waals surface area contributed by atoms with E-state index in [1.54, 1.807) is 10.9 Å². The Morgan fingerprint density at radius 1 is 1.25 bits per heavy atom. The van der Waals surface area contributed by atoms with Gasteiger partial charge >= 0.3 is 0 Å². The van der Waals surface area contributed by atoms with E-state index in [1.165, 1.54) is 11.9 Å². The Labute approximate surface area is 188 Å². The molecule has 0 saturated carbocycles. The molecular weight excluding hydrogens is 410 g/mol. The molecule has 1 aromatic heterocycles. The molecule has 2 amide bonds. The standard InChI is InChI=1S/C23H33N5O4/c1-14(2)32-19-10-8-7-9-16(19)17-13-28(26-25-17)20(23(3,4)5)22(31)27-12-15(29)11-18(27)21(30)24-6/h7-10,13-15,18,20,29H,11-12H2,1-6H3,(H,24,30)/t15?,18?,20-/m1/s1. The smallest absolute Gasteiger partial charge is 0.248 e. The van der Waals surface area contributed by atoms with Crippen LogP contribution in [0, 0.1) is 5.41 Å². The Hall–Kier alpha value is -2.94. The van der Waals surface area contributed by atoms with E-state index in [9.17, 15) is 14.7 Å². The molecule has 0 aliphatic carbocycles. The van der Waals surface area contributed by atoms with Crippen molar-refractivity contribution in [1.82, 2.24) is 25.2 Å². The minimum absolute atomic E-state index is 0.00154. The maximum atomic E-state index is 13.6. The van der Waals surface area contributed by atoms with E-state index in [4.69, 9.17) is 4.74 Å². The zero-order chi connectivity index (χ0) is 23.6. The van der Waals surface area contributed by atoms with E-state index in [0.717, 1.165) is 5.56 Å². The summed E-state index contributed by atoms with van der Waals surface area (Å²) in [5.74, 6) is 0.128. The minimum atomic E-state index is -0.742. The van der Waals surface area contributed by atoms with Gasteiger partial charge in [0, 0.05) is 25.6 Å². The van der Waals surface area contributed by atoms with Crippen LogP contribution < -0.4 is 10.1 Å². The normalized spacial score (nSPS) is 19.8. The van der Waals surface area contributed by atoms with Crippen LogP contribution in [0.25, 0.3) is 11.3 Å². The monoisotopic (exact) mass is 443 g/mol. The number of benzene rings is 1. The first-order chi connectivity index (χ1) is 15.0. The number of ether oxygens (including phenoxy) is 1. The Kier molecular flexibility index (Phi) is 6.88. The summed E-state index contributed by atoms with van der Waals surface area (Å²) in [6, 6.07) is 6.15. The molecule has 0 bridgehead atoms. The van der Waals surface area contributed by atoms with Gasteiger partial charge in [0.2, 0.25) is 11.8 Å². The minimum Gasteiger partial charge on any atom is -0.490 e. The molecule has 2 heterocycles. The van der Waals surface area contributed by atoms with Gasteiger partial charge in [-0.1, -0.05) is 38.1 Å². The van der Waals surface area contributed by atoms with E-state index < -0.39 is 23.6 Å². The molecule has 0 spiro atoms. The fourth-order valence-corrected chi connectivity index (χ4v) is 4.07. The van der Waals surface area contributed by atoms with Gasteiger partial charge in [0.1, 0.15) is 23.5 Å². The summed E-state index contributed by atoms with van der Waals surface area (Å²) in [4.78, 5) is 27.4. The Morgan fingerprint density at radius 3 is 2.56 bits per heavy atom. The van der Waals surface area contributed by atoms with Gasteiger partial charge in [0.25, 0.3) is 0 Å². The fourth-order valence-electron chi connectivity index (χ4n) is 4.07. The van der Waals surface area contributed by atoms with Gasteiger partial charge in [-0.05, 0) is 31.4 Å². The number of hydrogen-bond acceptors (Lipinski definition) is 6. The largest absolute Gasteiger partial charge is 0.490 e. The van der Waals surface area contributed by atoms with Crippen molar-refractivity contribution in [2.45, 2.75) is 65.3 Å². The Bertz CT molecular complexity index is 965. The van der Waals surface area contributed by atoms with Crippen LogP contribution in [-0.4, -0.2) is 68.7 Å². The number of hydrogen-bond donors (Lipinski definition) is 2. The fraction of sp³-hybridized carbons (Fsp3) is 0.565. The highest BCUT2D eigenvalue weighted by molar-refractivity contribution is 5.90. The van der Waals surface area contributed by atoms with E-state index >= 15 is 0 Å². The molecule has 0 radical (unpaired) electrons. The lowest BCUT2D eigenvalue weighted by Crippen LogP contribution is -2.49. The second-order valence-corrected chi connectivity index (χ2v) is 9.53. The topological polar surface area (TPSA) is 110 Å². The Balaban J connectivity index is 1.97. The molecule has 1 aliphatic rings. The quantitative estimate of drug-likeness (QED) is 0.707. The molecule has 9 heteroatoms. The number of para-hydroxylation sites is 1. The van der Waals surface area contributed by atoms with Crippen molar-refractivity contribution in [3.8, 4) is 17.0 Å². The molecule has 1 fully saturated rings. The predicted molar refractivity (Wildman–Crippen MR) is 120 cm³/mol. The molecule has 174 valence electrons. The first kappa shape index (κ1) is 23.7. The third-order valence-electron chi connectivity index (χ3n) is 5.47. The summed E-state index contributed by atoms with van der Waals surface area (Å²) in [6.07, 6.45) is 1.20. The molecule has 1 aromatic carbocycles. The number of β-amino-alcohol motifs (C(OH)–C–C–N with tert-alkyl or cyclic N) is 1. The molecule has 2 aromatic rings. The molecule has 3 atom stereocenters.